The average Bonchev–Trinajstić information content (AvgIpc) is 2.27. The largest absolute Gasteiger partial charge is 0.322 e. The fourth-order valence-corrected chi connectivity index (χ4v) is 1.74. The van der Waals surface area contributed by atoms with E-state index in [-0.39, 0.29) is 6.42 Å². The van der Waals surface area contributed by atoms with Gasteiger partial charge in [-0.25, -0.2) is 18.7 Å². The van der Waals surface area contributed by atoms with Crippen molar-refractivity contribution >= 4 is 13.3 Å². The van der Waals surface area contributed by atoms with Gasteiger partial charge < -0.3 is 5.73 Å². The van der Waals surface area contributed by atoms with Gasteiger partial charge in [0, 0.05) is 12.3 Å². The zero-order valence-electron chi connectivity index (χ0n) is 9.48. The molecule has 2 rings (SSSR count). The van der Waals surface area contributed by atoms with Crippen LogP contribution in [-0.2, 0) is 6.42 Å². The van der Waals surface area contributed by atoms with Gasteiger partial charge >= 0.3 is 0 Å². The first-order chi connectivity index (χ1) is 8.56. The molecule has 1 aromatic carbocycles. The number of rotatable bonds is 3. The first-order valence-electron chi connectivity index (χ1n) is 5.32. The summed E-state index contributed by atoms with van der Waals surface area (Å²) >= 11 is 0. The normalized spacial score (nSPS) is 12.4. The highest BCUT2D eigenvalue weighted by molar-refractivity contribution is 6.32. The van der Waals surface area contributed by atoms with Crippen molar-refractivity contribution in [3.8, 4) is 0 Å². The maximum atomic E-state index is 13.0. The minimum atomic E-state index is -0.632. The van der Waals surface area contributed by atoms with E-state index < -0.39 is 17.7 Å². The molecule has 0 amide bonds. The lowest BCUT2D eigenvalue weighted by Gasteiger charge is -2.13. The van der Waals surface area contributed by atoms with E-state index >= 15 is 0 Å². The summed E-state index contributed by atoms with van der Waals surface area (Å²) in [5, 5.41) is 0. The molecule has 0 bridgehead atoms. The van der Waals surface area contributed by atoms with Gasteiger partial charge in [0.1, 0.15) is 25.8 Å². The molecule has 1 atom stereocenters. The minimum Gasteiger partial charge on any atom is -0.322 e. The minimum absolute atomic E-state index is 0.246. The van der Waals surface area contributed by atoms with E-state index in [1.54, 1.807) is 0 Å². The summed E-state index contributed by atoms with van der Waals surface area (Å²) in [5.41, 5.74) is 7.20. The van der Waals surface area contributed by atoms with Gasteiger partial charge in [-0.15, -0.1) is 0 Å². The Balaban J connectivity index is 2.21. The zero-order chi connectivity index (χ0) is 13.1. The predicted octanol–water partition coefficient (Wildman–Crippen LogP) is 0.791. The van der Waals surface area contributed by atoms with Crippen molar-refractivity contribution in [1.82, 2.24) is 9.97 Å². The summed E-state index contributed by atoms with van der Waals surface area (Å²) < 4.78 is 26.1. The Morgan fingerprint density at radius 3 is 2.50 bits per heavy atom. The van der Waals surface area contributed by atoms with Gasteiger partial charge in [-0.2, -0.15) is 0 Å². The number of hydrogen-bond acceptors (Lipinski definition) is 3. The highest BCUT2D eigenvalue weighted by atomic mass is 19.1. The smallest absolute Gasteiger partial charge is 0.126 e. The molecule has 2 N–H and O–H groups in total. The maximum absolute atomic E-state index is 13.0. The first kappa shape index (κ1) is 12.6. The highest BCUT2D eigenvalue weighted by Crippen LogP contribution is 2.15. The number of benzene rings is 1. The quantitative estimate of drug-likeness (QED) is 0.813. The van der Waals surface area contributed by atoms with Crippen LogP contribution in [0.15, 0.2) is 30.7 Å². The molecule has 6 heteroatoms. The van der Waals surface area contributed by atoms with E-state index in [1.807, 2.05) is 0 Å². The van der Waals surface area contributed by atoms with E-state index in [2.05, 4.69) is 9.97 Å². The summed E-state index contributed by atoms with van der Waals surface area (Å²) in [5.74, 6) is -1.26. The number of nitrogens with zero attached hydrogens (tertiary/aromatic N) is 2. The molecule has 0 unspecified atom stereocenters. The molecule has 1 aromatic heterocycles. The third kappa shape index (κ3) is 2.90. The van der Waals surface area contributed by atoms with Gasteiger partial charge in [0.2, 0.25) is 0 Å². The van der Waals surface area contributed by atoms with Crippen molar-refractivity contribution in [1.29, 1.82) is 0 Å². The van der Waals surface area contributed by atoms with Gasteiger partial charge in [-0.05, 0) is 24.1 Å². The molecule has 0 aliphatic carbocycles. The molecule has 0 saturated heterocycles. The summed E-state index contributed by atoms with van der Waals surface area (Å²) in [4.78, 5) is 7.72. The van der Waals surface area contributed by atoms with Crippen LogP contribution in [0, 0.1) is 11.6 Å². The van der Waals surface area contributed by atoms with Gasteiger partial charge in [0.15, 0.2) is 0 Å². The van der Waals surface area contributed by atoms with Crippen LogP contribution in [0.5, 0.6) is 0 Å². The molecule has 2 radical (unpaired) electrons. The Labute approximate surface area is 104 Å². The number of nitrogens with two attached hydrogens (primary N) is 1. The van der Waals surface area contributed by atoms with E-state index in [0.29, 0.717) is 16.7 Å². The number of aromatic nitrogens is 2. The molecule has 18 heavy (non-hydrogen) atoms. The third-order valence-electron chi connectivity index (χ3n) is 2.50. The van der Waals surface area contributed by atoms with Crippen LogP contribution in [0.4, 0.5) is 8.78 Å². The first-order valence-corrected chi connectivity index (χ1v) is 5.32. The van der Waals surface area contributed by atoms with Crippen LogP contribution in [-0.4, -0.2) is 17.8 Å². The van der Waals surface area contributed by atoms with Gasteiger partial charge in [0.05, 0.1) is 11.7 Å². The van der Waals surface area contributed by atoms with Crippen molar-refractivity contribution in [2.24, 2.45) is 5.73 Å². The van der Waals surface area contributed by atoms with Crippen LogP contribution < -0.4 is 11.2 Å². The van der Waals surface area contributed by atoms with Crippen LogP contribution >= 0.6 is 0 Å². The summed E-state index contributed by atoms with van der Waals surface area (Å²) in [6.07, 6.45) is 3.02. The molecular formula is C12H10BF2N3. The molecular weight excluding hydrogens is 235 g/mol. The summed E-state index contributed by atoms with van der Waals surface area (Å²) in [6, 6.07) is 2.75. The zero-order valence-corrected chi connectivity index (χ0v) is 9.48. The van der Waals surface area contributed by atoms with E-state index in [9.17, 15) is 8.78 Å². The topological polar surface area (TPSA) is 51.8 Å². The van der Waals surface area contributed by atoms with Gasteiger partial charge in [-0.3, -0.25) is 0 Å². The molecule has 0 saturated carbocycles. The SMILES string of the molecule is [B]c1cncnc1[C@@H](N)Cc1cc(F)cc(F)c1. The molecule has 0 spiro atoms. The molecule has 0 aliphatic rings. The number of halogens is 2. The lowest BCUT2D eigenvalue weighted by Crippen LogP contribution is -2.24. The van der Waals surface area contributed by atoms with E-state index in [0.717, 1.165) is 6.07 Å². The lowest BCUT2D eigenvalue weighted by molar-refractivity contribution is 0.576. The van der Waals surface area contributed by atoms with Crippen LogP contribution in [0.3, 0.4) is 0 Å². The van der Waals surface area contributed by atoms with Crippen LogP contribution in [0.2, 0.25) is 0 Å². The molecule has 0 fully saturated rings. The Bertz CT molecular complexity index is 543. The van der Waals surface area contributed by atoms with Crippen molar-refractivity contribution in [2.75, 3.05) is 0 Å². The Hall–Kier alpha value is -1.82. The standard InChI is InChI=1S/C12H10BF2N3/c13-10-5-17-6-18-12(10)11(16)3-7-1-8(14)4-9(15)2-7/h1-2,4-6,11H,3,16H2/t11-/m0/s1. The third-order valence-corrected chi connectivity index (χ3v) is 2.50. The number of hydrogen-bond donors (Lipinski definition) is 1. The maximum Gasteiger partial charge on any atom is 0.126 e. The summed E-state index contributed by atoms with van der Waals surface area (Å²) in [7, 11) is 5.68. The van der Waals surface area contributed by atoms with Crippen molar-refractivity contribution in [2.45, 2.75) is 12.5 Å². The van der Waals surface area contributed by atoms with E-state index in [4.69, 9.17) is 13.6 Å². The fraction of sp³-hybridized carbons (Fsp3) is 0.167. The van der Waals surface area contributed by atoms with Crippen LogP contribution in [0.1, 0.15) is 17.3 Å². The van der Waals surface area contributed by atoms with Crippen molar-refractivity contribution in [3.63, 3.8) is 0 Å². The van der Waals surface area contributed by atoms with Crippen LogP contribution in [0.25, 0.3) is 0 Å². The Morgan fingerprint density at radius 1 is 1.22 bits per heavy atom. The molecule has 2 aromatic rings. The second-order valence-electron chi connectivity index (χ2n) is 3.95. The second-order valence-corrected chi connectivity index (χ2v) is 3.95. The molecule has 3 nitrogen and oxygen atoms in total. The monoisotopic (exact) mass is 245 g/mol. The molecule has 1 heterocycles. The van der Waals surface area contributed by atoms with Gasteiger partial charge in [-0.1, -0.05) is 5.46 Å². The summed E-state index contributed by atoms with van der Waals surface area (Å²) in [6.45, 7) is 0. The van der Waals surface area contributed by atoms with E-state index in [1.165, 1.54) is 24.7 Å². The van der Waals surface area contributed by atoms with Crippen molar-refractivity contribution in [3.05, 3.63) is 53.6 Å². The molecule has 0 aliphatic heterocycles. The highest BCUT2D eigenvalue weighted by Gasteiger charge is 2.12. The fourth-order valence-electron chi connectivity index (χ4n) is 1.74. The Morgan fingerprint density at radius 2 is 1.89 bits per heavy atom. The predicted molar refractivity (Wildman–Crippen MR) is 64.4 cm³/mol. The molecule has 90 valence electrons. The lowest BCUT2D eigenvalue weighted by atomic mass is 9.91. The van der Waals surface area contributed by atoms with Gasteiger partial charge in [0.25, 0.3) is 0 Å². The van der Waals surface area contributed by atoms with Crippen molar-refractivity contribution < 1.29 is 8.78 Å². The second kappa shape index (κ2) is 5.22. The average molecular weight is 245 g/mol. The Kier molecular flexibility index (Phi) is 3.67.